The summed E-state index contributed by atoms with van der Waals surface area (Å²) in [5.74, 6) is 1.88. The Morgan fingerprint density at radius 1 is 1.28 bits per heavy atom. The maximum Gasteiger partial charge on any atom is 0.149 e. The summed E-state index contributed by atoms with van der Waals surface area (Å²) in [6.45, 7) is 3.10. The number of anilines is 2. The Hall–Kier alpha value is -1.32. The van der Waals surface area contributed by atoms with Gasteiger partial charge in [-0.05, 0) is 19.3 Å². The molecule has 4 heteroatoms. The molecular formula is C14H24N4. The van der Waals surface area contributed by atoms with Crippen LogP contribution in [-0.2, 0) is 0 Å². The number of aromatic nitrogens is 2. The molecule has 1 N–H and O–H groups in total. The van der Waals surface area contributed by atoms with Gasteiger partial charge in [0.2, 0.25) is 0 Å². The molecule has 0 atom stereocenters. The van der Waals surface area contributed by atoms with Crippen molar-refractivity contribution in [1.82, 2.24) is 9.97 Å². The average molecular weight is 248 g/mol. The SMILES string of the molecule is CCCNc1cncc(N(C)C2CCCCC2)n1. The minimum Gasteiger partial charge on any atom is -0.369 e. The van der Waals surface area contributed by atoms with Crippen LogP contribution in [0.15, 0.2) is 12.4 Å². The lowest BCUT2D eigenvalue weighted by Crippen LogP contribution is -2.34. The summed E-state index contributed by atoms with van der Waals surface area (Å²) in [5, 5.41) is 3.29. The first-order chi connectivity index (χ1) is 8.81. The minimum atomic E-state index is 0.634. The number of hydrogen-bond acceptors (Lipinski definition) is 4. The molecule has 0 amide bonds. The van der Waals surface area contributed by atoms with Crippen molar-refractivity contribution in [2.75, 3.05) is 23.8 Å². The smallest absolute Gasteiger partial charge is 0.149 e. The van der Waals surface area contributed by atoms with Crippen LogP contribution in [0.4, 0.5) is 11.6 Å². The quantitative estimate of drug-likeness (QED) is 0.869. The number of nitrogens with one attached hydrogen (secondary N) is 1. The molecule has 0 bridgehead atoms. The zero-order chi connectivity index (χ0) is 12.8. The molecule has 0 saturated heterocycles. The molecule has 1 aromatic heterocycles. The van der Waals surface area contributed by atoms with Crippen LogP contribution in [0.3, 0.4) is 0 Å². The molecule has 2 rings (SSSR count). The van der Waals surface area contributed by atoms with Crippen molar-refractivity contribution >= 4 is 11.6 Å². The van der Waals surface area contributed by atoms with E-state index >= 15 is 0 Å². The van der Waals surface area contributed by atoms with E-state index in [1.165, 1.54) is 32.1 Å². The standard InChI is InChI=1S/C14H24N4/c1-3-9-16-13-10-15-11-14(17-13)18(2)12-7-5-4-6-8-12/h10-12H,3-9H2,1-2H3,(H,16,17). The molecule has 100 valence electrons. The van der Waals surface area contributed by atoms with Crippen LogP contribution in [0.2, 0.25) is 0 Å². The second-order valence-electron chi connectivity index (χ2n) is 5.09. The summed E-state index contributed by atoms with van der Waals surface area (Å²) in [6.07, 6.45) is 11.4. The fourth-order valence-electron chi connectivity index (χ4n) is 2.52. The zero-order valence-electron chi connectivity index (χ0n) is 11.5. The Balaban J connectivity index is 2.02. The summed E-state index contributed by atoms with van der Waals surface area (Å²) in [4.78, 5) is 11.2. The van der Waals surface area contributed by atoms with Crippen molar-refractivity contribution in [3.8, 4) is 0 Å². The monoisotopic (exact) mass is 248 g/mol. The van der Waals surface area contributed by atoms with E-state index < -0.39 is 0 Å². The molecule has 1 saturated carbocycles. The summed E-state index contributed by atoms with van der Waals surface area (Å²) >= 11 is 0. The van der Waals surface area contributed by atoms with Gasteiger partial charge >= 0.3 is 0 Å². The van der Waals surface area contributed by atoms with E-state index in [1.807, 2.05) is 6.20 Å². The van der Waals surface area contributed by atoms with Crippen molar-refractivity contribution in [2.45, 2.75) is 51.5 Å². The van der Waals surface area contributed by atoms with Crippen LogP contribution in [0.5, 0.6) is 0 Å². The van der Waals surface area contributed by atoms with Crippen LogP contribution in [0, 0.1) is 0 Å². The highest BCUT2D eigenvalue weighted by molar-refractivity contribution is 5.44. The first-order valence-electron chi connectivity index (χ1n) is 7.10. The van der Waals surface area contributed by atoms with Gasteiger partial charge in [0.15, 0.2) is 0 Å². The first-order valence-corrected chi connectivity index (χ1v) is 7.10. The third-order valence-corrected chi connectivity index (χ3v) is 3.66. The Morgan fingerprint density at radius 2 is 2.06 bits per heavy atom. The van der Waals surface area contributed by atoms with E-state index in [0.29, 0.717) is 6.04 Å². The lowest BCUT2D eigenvalue weighted by molar-refractivity contribution is 0.426. The molecule has 0 aromatic carbocycles. The molecule has 1 aliphatic rings. The van der Waals surface area contributed by atoms with E-state index in [2.05, 4.69) is 34.2 Å². The third-order valence-electron chi connectivity index (χ3n) is 3.66. The number of rotatable bonds is 5. The van der Waals surface area contributed by atoms with Gasteiger partial charge in [-0.25, -0.2) is 4.98 Å². The topological polar surface area (TPSA) is 41.1 Å². The lowest BCUT2D eigenvalue weighted by atomic mass is 9.94. The molecule has 1 heterocycles. The number of hydrogen-bond donors (Lipinski definition) is 1. The highest BCUT2D eigenvalue weighted by Crippen LogP contribution is 2.25. The third kappa shape index (κ3) is 3.34. The van der Waals surface area contributed by atoms with Crippen molar-refractivity contribution in [3.63, 3.8) is 0 Å². The average Bonchev–Trinajstić information content (AvgIpc) is 2.45. The molecule has 1 aliphatic carbocycles. The Labute approximate surface area is 110 Å². The molecule has 1 fully saturated rings. The molecule has 0 spiro atoms. The van der Waals surface area contributed by atoms with E-state index in [-0.39, 0.29) is 0 Å². The van der Waals surface area contributed by atoms with Gasteiger partial charge in [-0.2, -0.15) is 0 Å². The first kappa shape index (κ1) is 13.1. The minimum absolute atomic E-state index is 0.634. The largest absolute Gasteiger partial charge is 0.369 e. The van der Waals surface area contributed by atoms with Crippen molar-refractivity contribution in [3.05, 3.63) is 12.4 Å². The maximum atomic E-state index is 4.64. The van der Waals surface area contributed by atoms with Crippen molar-refractivity contribution in [1.29, 1.82) is 0 Å². The molecule has 18 heavy (non-hydrogen) atoms. The van der Waals surface area contributed by atoms with Crippen molar-refractivity contribution < 1.29 is 0 Å². The van der Waals surface area contributed by atoms with Crippen molar-refractivity contribution in [2.24, 2.45) is 0 Å². The molecular weight excluding hydrogens is 224 g/mol. The fourth-order valence-corrected chi connectivity index (χ4v) is 2.52. The molecule has 0 unspecified atom stereocenters. The molecule has 0 aliphatic heterocycles. The van der Waals surface area contributed by atoms with Gasteiger partial charge in [0, 0.05) is 19.6 Å². The van der Waals surface area contributed by atoms with Gasteiger partial charge in [0.1, 0.15) is 11.6 Å². The highest BCUT2D eigenvalue weighted by atomic mass is 15.2. The van der Waals surface area contributed by atoms with Gasteiger partial charge in [-0.3, -0.25) is 4.98 Å². The summed E-state index contributed by atoms with van der Waals surface area (Å²) in [6, 6.07) is 0.634. The van der Waals surface area contributed by atoms with Gasteiger partial charge in [-0.1, -0.05) is 26.2 Å². The molecule has 4 nitrogen and oxygen atoms in total. The number of nitrogens with zero attached hydrogens (tertiary/aromatic N) is 3. The molecule has 0 radical (unpaired) electrons. The van der Waals surface area contributed by atoms with E-state index in [0.717, 1.165) is 24.6 Å². The Bertz CT molecular complexity index is 361. The fraction of sp³-hybridized carbons (Fsp3) is 0.714. The second kappa shape index (κ2) is 6.57. The Morgan fingerprint density at radius 3 is 2.78 bits per heavy atom. The van der Waals surface area contributed by atoms with E-state index in [4.69, 9.17) is 0 Å². The summed E-state index contributed by atoms with van der Waals surface area (Å²) in [5.41, 5.74) is 0. The predicted molar refractivity (Wildman–Crippen MR) is 76.1 cm³/mol. The van der Waals surface area contributed by atoms with Gasteiger partial charge in [0.05, 0.1) is 12.4 Å². The van der Waals surface area contributed by atoms with E-state index in [1.54, 1.807) is 6.20 Å². The van der Waals surface area contributed by atoms with Crippen LogP contribution in [0.1, 0.15) is 45.4 Å². The highest BCUT2D eigenvalue weighted by Gasteiger charge is 2.19. The summed E-state index contributed by atoms with van der Waals surface area (Å²) < 4.78 is 0. The predicted octanol–water partition coefficient (Wildman–Crippen LogP) is 3.07. The van der Waals surface area contributed by atoms with Crippen LogP contribution in [0.25, 0.3) is 0 Å². The van der Waals surface area contributed by atoms with E-state index in [9.17, 15) is 0 Å². The summed E-state index contributed by atoms with van der Waals surface area (Å²) in [7, 11) is 2.14. The lowest BCUT2D eigenvalue weighted by Gasteiger charge is -2.31. The Kier molecular flexibility index (Phi) is 4.79. The van der Waals surface area contributed by atoms with Crippen LogP contribution < -0.4 is 10.2 Å². The van der Waals surface area contributed by atoms with Gasteiger partial charge < -0.3 is 10.2 Å². The maximum absolute atomic E-state index is 4.64. The van der Waals surface area contributed by atoms with Crippen LogP contribution >= 0.6 is 0 Å². The normalized spacial score (nSPS) is 16.6. The van der Waals surface area contributed by atoms with Gasteiger partial charge in [0.25, 0.3) is 0 Å². The zero-order valence-corrected chi connectivity index (χ0v) is 11.5. The molecule has 1 aromatic rings. The van der Waals surface area contributed by atoms with Crippen LogP contribution in [-0.4, -0.2) is 29.6 Å². The van der Waals surface area contributed by atoms with Gasteiger partial charge in [-0.15, -0.1) is 0 Å². The second-order valence-corrected chi connectivity index (χ2v) is 5.09.